The van der Waals surface area contributed by atoms with Gasteiger partial charge in [0.05, 0.1) is 0 Å². The highest BCUT2D eigenvalue weighted by Gasteiger charge is 2.24. The van der Waals surface area contributed by atoms with Crippen molar-refractivity contribution in [1.29, 1.82) is 0 Å². The van der Waals surface area contributed by atoms with Crippen LogP contribution >= 0.6 is 11.6 Å². The van der Waals surface area contributed by atoms with E-state index in [4.69, 9.17) is 11.6 Å². The van der Waals surface area contributed by atoms with E-state index in [1.54, 1.807) is 24.3 Å². The maximum Gasteiger partial charge on any atom is 0.251 e. The molecule has 0 spiro atoms. The third-order valence-corrected chi connectivity index (χ3v) is 4.55. The van der Waals surface area contributed by atoms with Crippen LogP contribution in [0.15, 0.2) is 48.5 Å². The second kappa shape index (κ2) is 9.39. The van der Waals surface area contributed by atoms with Crippen LogP contribution in [-0.2, 0) is 11.2 Å². The van der Waals surface area contributed by atoms with Crippen LogP contribution in [0.3, 0.4) is 0 Å². The largest absolute Gasteiger partial charge is 0.354 e. The van der Waals surface area contributed by atoms with Crippen molar-refractivity contribution >= 4 is 23.4 Å². The lowest BCUT2D eigenvalue weighted by atomic mass is 10.0. The minimum atomic E-state index is -0.588. The molecule has 2 N–H and O–H groups in total. The molecule has 0 aromatic heterocycles. The quantitative estimate of drug-likeness (QED) is 0.777. The molecule has 0 saturated heterocycles. The molecule has 0 fully saturated rings. The average Bonchev–Trinajstić information content (AvgIpc) is 2.61. The molecule has 0 radical (unpaired) electrons. The molecule has 2 aromatic carbocycles. The molecular formula is C21H25ClN2O2. The van der Waals surface area contributed by atoms with E-state index in [0.717, 1.165) is 6.42 Å². The number of nitrogens with one attached hydrogen (secondary N) is 2. The van der Waals surface area contributed by atoms with Crippen LogP contribution in [0.25, 0.3) is 0 Å². The van der Waals surface area contributed by atoms with E-state index < -0.39 is 6.04 Å². The van der Waals surface area contributed by atoms with Gasteiger partial charge in [-0.2, -0.15) is 0 Å². The van der Waals surface area contributed by atoms with E-state index in [1.165, 1.54) is 11.1 Å². The molecule has 2 rings (SSSR count). The van der Waals surface area contributed by atoms with E-state index in [-0.39, 0.29) is 17.7 Å². The van der Waals surface area contributed by atoms with Gasteiger partial charge in [0.15, 0.2) is 0 Å². The first kappa shape index (κ1) is 20.0. The Morgan fingerprint density at radius 3 is 2.31 bits per heavy atom. The maximum atomic E-state index is 12.5. The molecule has 4 nitrogen and oxygen atoms in total. The summed E-state index contributed by atoms with van der Waals surface area (Å²) in [5, 5.41) is 6.31. The van der Waals surface area contributed by atoms with Crippen molar-refractivity contribution in [3.63, 3.8) is 0 Å². The van der Waals surface area contributed by atoms with E-state index in [1.807, 2.05) is 26.0 Å². The van der Waals surface area contributed by atoms with Crippen molar-refractivity contribution in [2.45, 2.75) is 33.2 Å². The summed E-state index contributed by atoms with van der Waals surface area (Å²) in [5.74, 6) is -0.477. The zero-order valence-electron chi connectivity index (χ0n) is 15.4. The summed E-state index contributed by atoms with van der Waals surface area (Å²) in [6, 6.07) is 14.1. The zero-order valence-corrected chi connectivity index (χ0v) is 16.1. The van der Waals surface area contributed by atoms with Crippen molar-refractivity contribution in [2.75, 3.05) is 6.54 Å². The first-order valence-electron chi connectivity index (χ1n) is 8.77. The van der Waals surface area contributed by atoms with Gasteiger partial charge in [0.25, 0.3) is 5.91 Å². The summed E-state index contributed by atoms with van der Waals surface area (Å²) in [4.78, 5) is 24.9. The first-order valence-corrected chi connectivity index (χ1v) is 9.15. The summed E-state index contributed by atoms with van der Waals surface area (Å²) >= 11 is 5.85. The highest BCUT2D eigenvalue weighted by atomic mass is 35.5. The Hall–Kier alpha value is -2.33. The summed E-state index contributed by atoms with van der Waals surface area (Å²) < 4.78 is 0. The van der Waals surface area contributed by atoms with Crippen LogP contribution in [0.1, 0.15) is 35.3 Å². The van der Waals surface area contributed by atoms with Crippen LogP contribution in [0.4, 0.5) is 0 Å². The Morgan fingerprint density at radius 2 is 1.69 bits per heavy atom. The topological polar surface area (TPSA) is 58.2 Å². The highest BCUT2D eigenvalue weighted by Crippen LogP contribution is 2.11. The molecule has 0 bridgehead atoms. The summed E-state index contributed by atoms with van der Waals surface area (Å²) in [7, 11) is 0. The molecule has 0 saturated carbocycles. The van der Waals surface area contributed by atoms with Crippen LogP contribution in [0.5, 0.6) is 0 Å². The van der Waals surface area contributed by atoms with E-state index in [2.05, 4.69) is 29.7 Å². The third-order valence-electron chi connectivity index (χ3n) is 4.30. The lowest BCUT2D eigenvalue weighted by Crippen LogP contribution is -2.50. The van der Waals surface area contributed by atoms with Crippen molar-refractivity contribution < 1.29 is 9.59 Å². The van der Waals surface area contributed by atoms with Gasteiger partial charge in [-0.25, -0.2) is 0 Å². The van der Waals surface area contributed by atoms with E-state index >= 15 is 0 Å². The van der Waals surface area contributed by atoms with Gasteiger partial charge in [-0.3, -0.25) is 9.59 Å². The van der Waals surface area contributed by atoms with Gasteiger partial charge in [0, 0.05) is 17.1 Å². The van der Waals surface area contributed by atoms with Gasteiger partial charge >= 0.3 is 0 Å². The molecule has 1 unspecified atom stereocenters. The lowest BCUT2D eigenvalue weighted by molar-refractivity contribution is -0.123. The van der Waals surface area contributed by atoms with Gasteiger partial charge in [-0.05, 0) is 54.7 Å². The van der Waals surface area contributed by atoms with Gasteiger partial charge < -0.3 is 10.6 Å². The molecule has 0 aliphatic carbocycles. The van der Waals surface area contributed by atoms with Gasteiger partial charge in [-0.1, -0.05) is 49.7 Å². The Labute approximate surface area is 159 Å². The van der Waals surface area contributed by atoms with Crippen LogP contribution in [0.2, 0.25) is 5.02 Å². The van der Waals surface area contributed by atoms with Crippen molar-refractivity contribution in [2.24, 2.45) is 5.92 Å². The number of benzene rings is 2. The second-order valence-corrected chi connectivity index (χ2v) is 7.11. The normalized spacial score (nSPS) is 11.9. The number of rotatable bonds is 7. The maximum absolute atomic E-state index is 12.5. The minimum Gasteiger partial charge on any atom is -0.354 e. The molecule has 2 amide bonds. The van der Waals surface area contributed by atoms with Crippen LogP contribution in [-0.4, -0.2) is 24.4 Å². The zero-order chi connectivity index (χ0) is 19.1. The summed E-state index contributed by atoms with van der Waals surface area (Å²) in [5.41, 5.74) is 2.89. The highest BCUT2D eigenvalue weighted by molar-refractivity contribution is 6.30. The van der Waals surface area contributed by atoms with Crippen molar-refractivity contribution in [1.82, 2.24) is 10.6 Å². The third kappa shape index (κ3) is 5.60. The first-order chi connectivity index (χ1) is 12.4. The SMILES string of the molecule is Cc1ccccc1CCNC(=O)C(NC(=O)c1ccc(Cl)cc1)C(C)C. The molecule has 5 heteroatoms. The van der Waals surface area contributed by atoms with E-state index in [9.17, 15) is 9.59 Å². The standard InChI is InChI=1S/C21H25ClN2O2/c1-14(2)19(24-20(25)17-8-10-18(22)11-9-17)21(26)23-13-12-16-7-5-4-6-15(16)3/h4-11,14,19H,12-13H2,1-3H3,(H,23,26)(H,24,25). The molecule has 0 aliphatic heterocycles. The number of aryl methyl sites for hydroxylation is 1. The Morgan fingerprint density at radius 1 is 1.04 bits per heavy atom. The summed E-state index contributed by atoms with van der Waals surface area (Å²) in [6.45, 7) is 6.41. The van der Waals surface area contributed by atoms with Gasteiger partial charge in [0.2, 0.25) is 5.91 Å². The molecular weight excluding hydrogens is 348 g/mol. The monoisotopic (exact) mass is 372 g/mol. The number of halogens is 1. The molecule has 138 valence electrons. The van der Waals surface area contributed by atoms with Crippen molar-refractivity contribution in [3.8, 4) is 0 Å². The Balaban J connectivity index is 1.93. The molecule has 1 atom stereocenters. The fourth-order valence-corrected chi connectivity index (χ4v) is 2.81. The number of carbonyl (C=O) groups excluding carboxylic acids is 2. The van der Waals surface area contributed by atoms with Gasteiger partial charge in [-0.15, -0.1) is 0 Å². The number of hydrogen-bond acceptors (Lipinski definition) is 2. The molecule has 0 heterocycles. The van der Waals surface area contributed by atoms with Gasteiger partial charge in [0.1, 0.15) is 6.04 Å². The molecule has 2 aromatic rings. The molecule has 0 aliphatic rings. The molecule has 26 heavy (non-hydrogen) atoms. The number of amides is 2. The predicted octanol–water partition coefficient (Wildman–Crippen LogP) is 3.76. The lowest BCUT2D eigenvalue weighted by Gasteiger charge is -2.22. The fraction of sp³-hybridized carbons (Fsp3) is 0.333. The van der Waals surface area contributed by atoms with Crippen LogP contribution < -0.4 is 10.6 Å². The Kier molecular flexibility index (Phi) is 7.22. The van der Waals surface area contributed by atoms with Crippen LogP contribution in [0, 0.1) is 12.8 Å². The smallest absolute Gasteiger partial charge is 0.251 e. The fourth-order valence-electron chi connectivity index (χ4n) is 2.68. The number of hydrogen-bond donors (Lipinski definition) is 2. The Bertz CT molecular complexity index is 757. The second-order valence-electron chi connectivity index (χ2n) is 6.67. The van der Waals surface area contributed by atoms with E-state index in [0.29, 0.717) is 17.1 Å². The number of carbonyl (C=O) groups is 2. The minimum absolute atomic E-state index is 0.0234. The summed E-state index contributed by atoms with van der Waals surface area (Å²) in [6.07, 6.45) is 0.758. The predicted molar refractivity (Wildman–Crippen MR) is 105 cm³/mol. The average molecular weight is 373 g/mol. The van der Waals surface area contributed by atoms with Crippen molar-refractivity contribution in [3.05, 3.63) is 70.2 Å².